The Morgan fingerprint density at radius 1 is 0.264 bits per heavy atom. The third-order valence-corrected chi connectivity index (χ3v) is 8.60. The summed E-state index contributed by atoms with van der Waals surface area (Å²) >= 11 is 0. The molecular formula is C43H80O10. The number of rotatable bonds is 46. The molecule has 0 atom stereocenters. The molecule has 0 radical (unpaired) electrons. The summed E-state index contributed by atoms with van der Waals surface area (Å²) in [6.07, 6.45) is 22.2. The topological polar surface area (TPSA) is 92.3 Å². The molecule has 0 aromatic heterocycles. The SMILES string of the molecule is CCCCCCCCCCCCCCCCCCOCCOCCOCCOCCOCCOCCOCCOCCOCCOCc1ccccc1. The summed E-state index contributed by atoms with van der Waals surface area (Å²) in [6, 6.07) is 10.1. The summed E-state index contributed by atoms with van der Waals surface area (Å²) in [5.74, 6) is 0. The highest BCUT2D eigenvalue weighted by atomic mass is 16.6. The molecule has 0 bridgehead atoms. The molecule has 0 saturated heterocycles. The molecule has 0 N–H and O–H groups in total. The lowest BCUT2D eigenvalue weighted by Crippen LogP contribution is -2.15. The fourth-order valence-corrected chi connectivity index (χ4v) is 5.50. The van der Waals surface area contributed by atoms with E-state index in [0.717, 1.165) is 18.6 Å². The van der Waals surface area contributed by atoms with Crippen molar-refractivity contribution in [2.45, 2.75) is 116 Å². The summed E-state index contributed by atoms with van der Waals surface area (Å²) in [6.45, 7) is 13.7. The van der Waals surface area contributed by atoms with Crippen molar-refractivity contribution in [3.05, 3.63) is 35.9 Å². The van der Waals surface area contributed by atoms with Crippen LogP contribution in [0.25, 0.3) is 0 Å². The van der Waals surface area contributed by atoms with Gasteiger partial charge in [-0.05, 0) is 12.0 Å². The van der Waals surface area contributed by atoms with Crippen LogP contribution in [0, 0.1) is 0 Å². The predicted octanol–water partition coefficient (Wildman–Crippen LogP) is 8.61. The van der Waals surface area contributed by atoms with Crippen LogP contribution in [0.3, 0.4) is 0 Å². The first-order valence-corrected chi connectivity index (χ1v) is 21.2. The van der Waals surface area contributed by atoms with Crippen LogP contribution in [0.1, 0.15) is 115 Å². The zero-order chi connectivity index (χ0) is 37.6. The lowest BCUT2D eigenvalue weighted by Gasteiger charge is -2.09. The quantitative estimate of drug-likeness (QED) is 0.0603. The van der Waals surface area contributed by atoms with Gasteiger partial charge in [-0.2, -0.15) is 0 Å². The van der Waals surface area contributed by atoms with Gasteiger partial charge in [0.1, 0.15) is 0 Å². The van der Waals surface area contributed by atoms with Gasteiger partial charge in [0.05, 0.1) is 126 Å². The molecule has 312 valence electrons. The van der Waals surface area contributed by atoms with E-state index in [-0.39, 0.29) is 0 Å². The van der Waals surface area contributed by atoms with Crippen LogP contribution < -0.4 is 0 Å². The normalized spacial score (nSPS) is 11.6. The lowest BCUT2D eigenvalue weighted by molar-refractivity contribution is -0.0267. The van der Waals surface area contributed by atoms with Crippen molar-refractivity contribution in [3.63, 3.8) is 0 Å². The minimum Gasteiger partial charge on any atom is -0.379 e. The Morgan fingerprint density at radius 3 is 0.811 bits per heavy atom. The summed E-state index contributed by atoms with van der Waals surface area (Å²) in [5, 5.41) is 0. The third-order valence-electron chi connectivity index (χ3n) is 8.60. The number of unbranched alkanes of at least 4 members (excludes halogenated alkanes) is 15. The number of benzene rings is 1. The molecule has 0 aliphatic rings. The van der Waals surface area contributed by atoms with Gasteiger partial charge in [-0.25, -0.2) is 0 Å². The summed E-state index contributed by atoms with van der Waals surface area (Å²) < 4.78 is 55.5. The van der Waals surface area contributed by atoms with Crippen molar-refractivity contribution in [3.8, 4) is 0 Å². The van der Waals surface area contributed by atoms with Gasteiger partial charge in [-0.15, -0.1) is 0 Å². The Bertz CT molecular complexity index is 788. The van der Waals surface area contributed by atoms with E-state index in [1.165, 1.54) is 96.3 Å². The molecule has 0 fully saturated rings. The van der Waals surface area contributed by atoms with Crippen LogP contribution in [0.15, 0.2) is 30.3 Å². The fraction of sp³-hybridized carbons (Fsp3) is 0.860. The number of hydrogen-bond donors (Lipinski definition) is 0. The van der Waals surface area contributed by atoms with E-state index in [4.69, 9.17) is 47.4 Å². The zero-order valence-corrected chi connectivity index (χ0v) is 33.9. The van der Waals surface area contributed by atoms with Gasteiger partial charge < -0.3 is 47.4 Å². The van der Waals surface area contributed by atoms with E-state index in [9.17, 15) is 0 Å². The van der Waals surface area contributed by atoms with Crippen molar-refractivity contribution in [1.82, 2.24) is 0 Å². The van der Waals surface area contributed by atoms with E-state index in [0.29, 0.717) is 126 Å². The average molecular weight is 757 g/mol. The maximum absolute atomic E-state index is 5.70. The Balaban J connectivity index is 1.60. The molecule has 0 saturated carbocycles. The summed E-state index contributed by atoms with van der Waals surface area (Å²) in [7, 11) is 0. The second-order valence-corrected chi connectivity index (χ2v) is 13.4. The molecule has 0 aliphatic heterocycles. The average Bonchev–Trinajstić information content (AvgIpc) is 3.18. The molecule has 0 spiro atoms. The number of hydrogen-bond acceptors (Lipinski definition) is 10. The Morgan fingerprint density at radius 2 is 0.509 bits per heavy atom. The maximum Gasteiger partial charge on any atom is 0.0718 e. The molecule has 53 heavy (non-hydrogen) atoms. The van der Waals surface area contributed by atoms with Gasteiger partial charge in [-0.1, -0.05) is 134 Å². The third kappa shape index (κ3) is 41.8. The molecule has 0 heterocycles. The van der Waals surface area contributed by atoms with Crippen LogP contribution in [-0.4, -0.2) is 126 Å². The van der Waals surface area contributed by atoms with Gasteiger partial charge in [0, 0.05) is 6.61 Å². The van der Waals surface area contributed by atoms with Crippen molar-refractivity contribution < 1.29 is 47.4 Å². The monoisotopic (exact) mass is 757 g/mol. The highest BCUT2D eigenvalue weighted by molar-refractivity contribution is 5.13. The minimum atomic E-state index is 0.527. The van der Waals surface area contributed by atoms with Gasteiger partial charge in [-0.3, -0.25) is 0 Å². The van der Waals surface area contributed by atoms with Gasteiger partial charge in [0.25, 0.3) is 0 Å². The molecular weight excluding hydrogens is 676 g/mol. The summed E-state index contributed by atoms with van der Waals surface area (Å²) in [5.41, 5.74) is 1.16. The van der Waals surface area contributed by atoms with Crippen molar-refractivity contribution >= 4 is 0 Å². The Kier molecular flexibility index (Phi) is 42.5. The predicted molar refractivity (Wildman–Crippen MR) is 213 cm³/mol. The second-order valence-electron chi connectivity index (χ2n) is 13.4. The van der Waals surface area contributed by atoms with Crippen LogP contribution in [-0.2, 0) is 54.0 Å². The van der Waals surface area contributed by atoms with E-state index in [1.807, 2.05) is 30.3 Å². The first-order valence-electron chi connectivity index (χ1n) is 21.2. The molecule has 10 heteroatoms. The van der Waals surface area contributed by atoms with Crippen molar-refractivity contribution in [2.75, 3.05) is 126 Å². The zero-order valence-electron chi connectivity index (χ0n) is 33.9. The second kappa shape index (κ2) is 45.2. The Hall–Kier alpha value is -1.18. The number of ether oxygens (including phenoxy) is 10. The van der Waals surface area contributed by atoms with E-state index < -0.39 is 0 Å². The Labute approximate surface area is 324 Å². The minimum absolute atomic E-state index is 0.527. The lowest BCUT2D eigenvalue weighted by atomic mass is 10.0. The highest BCUT2D eigenvalue weighted by Crippen LogP contribution is 2.13. The molecule has 1 aromatic rings. The molecule has 1 rings (SSSR count). The van der Waals surface area contributed by atoms with Crippen molar-refractivity contribution in [2.24, 2.45) is 0 Å². The standard InChI is InChI=1S/C43H80O10/c1-2-3-4-5-6-7-8-9-10-11-12-13-14-15-16-20-23-44-24-25-45-26-27-46-28-29-47-30-31-48-32-33-49-34-35-50-36-37-51-38-39-52-40-41-53-42-43-21-18-17-19-22-43/h17-19,21-22H,2-16,20,23-42H2,1H3. The van der Waals surface area contributed by atoms with E-state index >= 15 is 0 Å². The summed E-state index contributed by atoms with van der Waals surface area (Å²) in [4.78, 5) is 0. The molecule has 0 amide bonds. The molecule has 0 unspecified atom stereocenters. The van der Waals surface area contributed by atoms with Gasteiger partial charge in [0.15, 0.2) is 0 Å². The van der Waals surface area contributed by atoms with Crippen LogP contribution >= 0.6 is 0 Å². The first-order chi connectivity index (χ1) is 26.4. The smallest absolute Gasteiger partial charge is 0.0718 e. The van der Waals surface area contributed by atoms with Crippen LogP contribution in [0.4, 0.5) is 0 Å². The van der Waals surface area contributed by atoms with Crippen LogP contribution in [0.5, 0.6) is 0 Å². The maximum atomic E-state index is 5.70. The highest BCUT2D eigenvalue weighted by Gasteiger charge is 1.98. The molecule has 10 nitrogen and oxygen atoms in total. The van der Waals surface area contributed by atoms with Crippen LogP contribution in [0.2, 0.25) is 0 Å². The van der Waals surface area contributed by atoms with E-state index in [1.54, 1.807) is 0 Å². The van der Waals surface area contributed by atoms with Crippen molar-refractivity contribution in [1.29, 1.82) is 0 Å². The molecule has 1 aromatic carbocycles. The molecule has 0 aliphatic carbocycles. The van der Waals surface area contributed by atoms with Gasteiger partial charge in [0.2, 0.25) is 0 Å². The van der Waals surface area contributed by atoms with Gasteiger partial charge >= 0.3 is 0 Å². The van der Waals surface area contributed by atoms with E-state index in [2.05, 4.69) is 6.92 Å². The largest absolute Gasteiger partial charge is 0.379 e. The first kappa shape index (κ1) is 49.8. The fourth-order valence-electron chi connectivity index (χ4n) is 5.50.